The summed E-state index contributed by atoms with van der Waals surface area (Å²) in [6.07, 6.45) is 2.61. The van der Waals surface area contributed by atoms with E-state index in [9.17, 15) is 4.79 Å². The van der Waals surface area contributed by atoms with Crippen molar-refractivity contribution in [1.82, 2.24) is 30.1 Å². The zero-order chi connectivity index (χ0) is 15.7. The highest BCUT2D eigenvalue weighted by molar-refractivity contribution is 5.92. The molecule has 1 N–H and O–H groups in total. The van der Waals surface area contributed by atoms with Crippen molar-refractivity contribution in [2.24, 2.45) is 7.05 Å². The first-order valence-corrected chi connectivity index (χ1v) is 7.35. The fourth-order valence-electron chi connectivity index (χ4n) is 2.81. The first kappa shape index (κ1) is 14.7. The largest absolute Gasteiger partial charge is 0.379 e. The van der Waals surface area contributed by atoms with Crippen LogP contribution in [0.3, 0.4) is 0 Å². The molecule has 22 heavy (non-hydrogen) atoms. The fraction of sp³-hybridized carbons (Fsp3) is 0.571. The molecule has 2 aromatic rings. The van der Waals surface area contributed by atoms with Gasteiger partial charge in [-0.3, -0.25) is 14.6 Å². The van der Waals surface area contributed by atoms with Crippen molar-refractivity contribution in [3.63, 3.8) is 0 Å². The number of carbonyl (C=O) groups is 1. The van der Waals surface area contributed by atoms with Crippen molar-refractivity contribution >= 4 is 5.91 Å². The Labute approximate surface area is 128 Å². The number of methoxy groups -OCH3 is 1. The Hall–Kier alpha value is -2.22. The molecule has 1 saturated heterocycles. The van der Waals surface area contributed by atoms with Crippen LogP contribution in [0.2, 0.25) is 0 Å². The lowest BCUT2D eigenvalue weighted by Crippen LogP contribution is -2.30. The second-order valence-electron chi connectivity index (χ2n) is 5.54. The van der Waals surface area contributed by atoms with Gasteiger partial charge in [0.2, 0.25) is 0 Å². The third kappa shape index (κ3) is 2.61. The Kier molecular flexibility index (Phi) is 3.93. The molecule has 3 heterocycles. The number of carbonyl (C=O) groups excluding carboxylic acids is 1. The number of ether oxygens (including phenoxy) is 1. The summed E-state index contributed by atoms with van der Waals surface area (Å²) < 4.78 is 7.19. The second kappa shape index (κ2) is 5.88. The van der Waals surface area contributed by atoms with Crippen LogP contribution in [0.15, 0.2) is 12.3 Å². The molecule has 0 radical (unpaired) electrons. The first-order chi connectivity index (χ1) is 10.6. The van der Waals surface area contributed by atoms with E-state index in [2.05, 4.69) is 20.5 Å². The highest BCUT2D eigenvalue weighted by atomic mass is 16.5. The van der Waals surface area contributed by atoms with Gasteiger partial charge in [-0.05, 0) is 12.5 Å². The smallest absolute Gasteiger partial charge is 0.274 e. The molecule has 118 valence electrons. The monoisotopic (exact) mass is 304 g/mol. The summed E-state index contributed by atoms with van der Waals surface area (Å²) in [5.74, 6) is -0.0448. The van der Waals surface area contributed by atoms with Crippen molar-refractivity contribution in [1.29, 1.82) is 0 Å². The van der Waals surface area contributed by atoms with E-state index in [1.165, 1.54) is 0 Å². The number of H-pyrrole nitrogens is 1. The van der Waals surface area contributed by atoms with Crippen molar-refractivity contribution in [3.8, 4) is 0 Å². The predicted octanol–water partition coefficient (Wildman–Crippen LogP) is 0.355. The maximum absolute atomic E-state index is 12.6. The van der Waals surface area contributed by atoms with E-state index in [4.69, 9.17) is 4.74 Å². The highest BCUT2D eigenvalue weighted by Crippen LogP contribution is 2.28. The lowest BCUT2D eigenvalue weighted by Gasteiger charge is -2.13. The number of amides is 1. The maximum Gasteiger partial charge on any atom is 0.274 e. The third-order valence-electron chi connectivity index (χ3n) is 4.09. The minimum absolute atomic E-state index is 0.0345. The summed E-state index contributed by atoms with van der Waals surface area (Å²) in [7, 11) is 3.48. The van der Waals surface area contributed by atoms with Gasteiger partial charge in [0, 0.05) is 39.1 Å². The van der Waals surface area contributed by atoms with Gasteiger partial charge in [-0.25, -0.2) is 0 Å². The highest BCUT2D eigenvalue weighted by Gasteiger charge is 2.38. The average Bonchev–Trinajstić information content (AvgIpc) is 3.24. The zero-order valence-corrected chi connectivity index (χ0v) is 13.0. The van der Waals surface area contributed by atoms with E-state index >= 15 is 0 Å². The molecule has 0 spiro atoms. The molecular weight excluding hydrogens is 284 g/mol. The summed E-state index contributed by atoms with van der Waals surface area (Å²) in [6.45, 7) is 3.11. The molecule has 0 aromatic carbocycles. The van der Waals surface area contributed by atoms with E-state index < -0.39 is 0 Å². The maximum atomic E-state index is 12.6. The first-order valence-electron chi connectivity index (χ1n) is 7.35. The Bertz CT molecular complexity index is 664. The Morgan fingerprint density at radius 1 is 1.50 bits per heavy atom. The Morgan fingerprint density at radius 3 is 2.91 bits per heavy atom. The molecule has 2 atom stereocenters. The fourth-order valence-corrected chi connectivity index (χ4v) is 2.81. The van der Waals surface area contributed by atoms with Gasteiger partial charge in [-0.15, -0.1) is 5.10 Å². The van der Waals surface area contributed by atoms with E-state index in [1.54, 1.807) is 22.8 Å². The van der Waals surface area contributed by atoms with Gasteiger partial charge in [0.1, 0.15) is 5.69 Å². The van der Waals surface area contributed by atoms with Gasteiger partial charge in [0.05, 0.1) is 17.7 Å². The molecule has 1 fully saturated rings. The number of nitrogens with zero attached hydrogens (tertiary/aromatic N) is 5. The van der Waals surface area contributed by atoms with Crippen LogP contribution in [-0.4, -0.2) is 62.3 Å². The van der Waals surface area contributed by atoms with Gasteiger partial charge in [0.15, 0.2) is 0 Å². The minimum atomic E-state index is -0.0793. The molecule has 0 unspecified atom stereocenters. The van der Waals surface area contributed by atoms with E-state index in [0.717, 1.165) is 17.8 Å². The van der Waals surface area contributed by atoms with E-state index in [-0.39, 0.29) is 17.9 Å². The van der Waals surface area contributed by atoms with Gasteiger partial charge >= 0.3 is 0 Å². The molecule has 1 aliphatic rings. The number of nitrogens with one attached hydrogen (secondary N) is 1. The zero-order valence-electron chi connectivity index (χ0n) is 13.0. The average molecular weight is 304 g/mol. The Balaban J connectivity index is 1.77. The number of hydrogen-bond acceptors (Lipinski definition) is 5. The van der Waals surface area contributed by atoms with Gasteiger partial charge in [0.25, 0.3) is 5.91 Å². The molecule has 0 bridgehead atoms. The summed E-state index contributed by atoms with van der Waals surface area (Å²) in [5.41, 5.74) is 2.25. The standard InChI is InChI=1S/C14H20N6O2/c1-4-9-5-11(16-15-9)14(21)20-6-10(13(8-20)22-3)12-7-19(2)18-17-12/h5,7,10,13H,4,6,8H2,1-3H3,(H,15,16)/t10-,13+/m0/s1. The van der Waals surface area contributed by atoms with Crippen LogP contribution in [-0.2, 0) is 18.2 Å². The van der Waals surface area contributed by atoms with Crippen LogP contribution < -0.4 is 0 Å². The van der Waals surface area contributed by atoms with Crippen molar-refractivity contribution in [2.75, 3.05) is 20.2 Å². The summed E-state index contributed by atoms with van der Waals surface area (Å²) in [4.78, 5) is 14.3. The summed E-state index contributed by atoms with van der Waals surface area (Å²) in [5, 5.41) is 15.1. The van der Waals surface area contributed by atoms with Gasteiger partial charge in [-0.1, -0.05) is 12.1 Å². The van der Waals surface area contributed by atoms with Gasteiger partial charge < -0.3 is 9.64 Å². The summed E-state index contributed by atoms with van der Waals surface area (Å²) in [6, 6.07) is 1.81. The van der Waals surface area contributed by atoms with Crippen LogP contribution in [0.5, 0.6) is 0 Å². The molecule has 0 aliphatic carbocycles. The number of aryl methyl sites for hydroxylation is 2. The Morgan fingerprint density at radius 2 is 2.32 bits per heavy atom. The minimum Gasteiger partial charge on any atom is -0.379 e. The quantitative estimate of drug-likeness (QED) is 0.880. The lowest BCUT2D eigenvalue weighted by molar-refractivity contribution is 0.0709. The van der Waals surface area contributed by atoms with Crippen LogP contribution in [0.25, 0.3) is 0 Å². The van der Waals surface area contributed by atoms with Crippen LogP contribution in [0, 0.1) is 0 Å². The molecule has 8 nitrogen and oxygen atoms in total. The molecule has 8 heteroatoms. The number of likely N-dealkylation sites (tertiary alicyclic amines) is 1. The van der Waals surface area contributed by atoms with Crippen LogP contribution in [0.4, 0.5) is 0 Å². The van der Waals surface area contributed by atoms with Crippen LogP contribution in [0.1, 0.15) is 34.7 Å². The van der Waals surface area contributed by atoms with Crippen molar-refractivity contribution < 1.29 is 9.53 Å². The van der Waals surface area contributed by atoms with E-state index in [1.807, 2.05) is 20.2 Å². The molecule has 2 aromatic heterocycles. The lowest BCUT2D eigenvalue weighted by atomic mass is 10.0. The van der Waals surface area contributed by atoms with Crippen LogP contribution >= 0.6 is 0 Å². The summed E-state index contributed by atoms with van der Waals surface area (Å²) >= 11 is 0. The number of rotatable bonds is 4. The molecule has 1 amide bonds. The van der Waals surface area contributed by atoms with E-state index in [0.29, 0.717) is 18.8 Å². The number of aromatic nitrogens is 5. The van der Waals surface area contributed by atoms with Gasteiger partial charge in [-0.2, -0.15) is 5.10 Å². The third-order valence-corrected chi connectivity index (χ3v) is 4.09. The molecular formula is C14H20N6O2. The predicted molar refractivity (Wildman–Crippen MR) is 78.4 cm³/mol. The van der Waals surface area contributed by atoms with Crippen molar-refractivity contribution in [2.45, 2.75) is 25.4 Å². The number of aromatic amines is 1. The second-order valence-corrected chi connectivity index (χ2v) is 5.54. The normalized spacial score (nSPS) is 21.5. The molecule has 0 saturated carbocycles. The molecule has 3 rings (SSSR count). The molecule has 1 aliphatic heterocycles. The van der Waals surface area contributed by atoms with Crippen molar-refractivity contribution in [3.05, 3.63) is 29.3 Å². The SMILES string of the molecule is CCc1cc(C(=O)N2C[C@@H](OC)[C@H](c3cn(C)nn3)C2)n[nH]1. The topological polar surface area (TPSA) is 88.9 Å². The number of hydrogen-bond donors (Lipinski definition) is 1.